The van der Waals surface area contributed by atoms with Crippen molar-refractivity contribution in [1.29, 1.82) is 0 Å². The highest BCUT2D eigenvalue weighted by Crippen LogP contribution is 2.12. The van der Waals surface area contributed by atoms with E-state index in [1.165, 1.54) is 22.9 Å². The Morgan fingerprint density at radius 2 is 2.43 bits per heavy atom. The molecule has 0 spiro atoms. The van der Waals surface area contributed by atoms with Crippen molar-refractivity contribution in [1.82, 2.24) is 4.37 Å². The lowest BCUT2D eigenvalue weighted by Gasteiger charge is -1.65. The molecule has 0 atom stereocenters. The Kier molecular flexibility index (Phi) is 1.36. The van der Waals surface area contributed by atoms with Crippen molar-refractivity contribution in [2.45, 2.75) is 0 Å². The number of anilines is 1. The van der Waals surface area contributed by atoms with Crippen molar-refractivity contribution in [2.24, 2.45) is 0 Å². The second-order valence-electron chi connectivity index (χ2n) is 0.873. The first-order valence-electron chi connectivity index (χ1n) is 1.51. The van der Waals surface area contributed by atoms with E-state index in [-0.39, 0.29) is 0 Å². The molecule has 2 nitrogen and oxygen atoms in total. The van der Waals surface area contributed by atoms with Crippen LogP contribution in [0.3, 0.4) is 0 Å². The van der Waals surface area contributed by atoms with E-state index >= 15 is 0 Å². The maximum absolute atomic E-state index is 5.23. The van der Waals surface area contributed by atoms with Crippen LogP contribution in [0.25, 0.3) is 0 Å². The van der Waals surface area contributed by atoms with E-state index < -0.39 is 0 Å². The molecule has 0 saturated heterocycles. The van der Waals surface area contributed by atoms with Crippen molar-refractivity contribution < 1.29 is 0 Å². The zero-order valence-electron chi connectivity index (χ0n) is 3.25. The summed E-state index contributed by atoms with van der Waals surface area (Å²) in [6, 6.07) is 0. The first-order valence-corrected chi connectivity index (χ1v) is 3.51. The van der Waals surface area contributed by atoms with Crippen molar-refractivity contribution in [3.05, 3.63) is 3.14 Å². The summed E-state index contributed by atoms with van der Waals surface area (Å²) in [5.41, 5.74) is 5.23. The van der Waals surface area contributed by atoms with E-state index in [0.29, 0.717) is 5.13 Å². The summed E-state index contributed by atoms with van der Waals surface area (Å²) >= 11 is 7.33. The summed E-state index contributed by atoms with van der Waals surface area (Å²) in [7, 11) is 0. The Hall–Kier alpha value is -0.0000000000000000555. The minimum Gasteiger partial charge on any atom is -0.374 e. The topological polar surface area (TPSA) is 38.9 Å². The van der Waals surface area contributed by atoms with Crippen molar-refractivity contribution in [3.8, 4) is 0 Å². The summed E-state index contributed by atoms with van der Waals surface area (Å²) in [5, 5.41) is 0.565. The molecule has 1 aromatic heterocycles. The van der Waals surface area contributed by atoms with E-state index in [0.717, 1.165) is 3.14 Å². The zero-order valence-corrected chi connectivity index (χ0v) is 5.70. The normalized spacial score (nSPS) is 9.14. The van der Waals surface area contributed by atoms with Gasteiger partial charge in [0, 0.05) is 0 Å². The molecule has 1 rings (SSSR count). The summed E-state index contributed by atoms with van der Waals surface area (Å²) in [5.74, 6) is 0. The van der Waals surface area contributed by atoms with E-state index in [1.54, 1.807) is 0 Å². The van der Waals surface area contributed by atoms with Gasteiger partial charge in [-0.15, -0.1) is 0 Å². The van der Waals surface area contributed by atoms with Crippen LogP contribution in [-0.2, 0) is 0 Å². The van der Waals surface area contributed by atoms with E-state index in [9.17, 15) is 0 Å². The zero-order chi connectivity index (χ0) is 5.28. The minimum absolute atomic E-state index is 0.565. The maximum Gasteiger partial charge on any atom is 0.193 e. The average Bonchev–Trinajstić information content (AvgIpc) is 1.87. The Balaban J connectivity index is 3.30. The third kappa shape index (κ3) is 1.19. The molecule has 0 amide bonds. The van der Waals surface area contributed by atoms with Gasteiger partial charge in [0.15, 0.2) is 8.27 Å². The Bertz CT molecular complexity index is 199. The lowest BCUT2D eigenvalue weighted by molar-refractivity contribution is 1.62. The van der Waals surface area contributed by atoms with E-state index in [1.807, 2.05) is 0 Å². The number of hydrogen-bond donors (Lipinski definition) is 1. The molecule has 0 aliphatic heterocycles. The lowest BCUT2D eigenvalue weighted by Crippen LogP contribution is -1.76. The van der Waals surface area contributed by atoms with Crippen molar-refractivity contribution in [3.63, 3.8) is 0 Å². The molecule has 0 radical (unpaired) electrons. The summed E-state index contributed by atoms with van der Waals surface area (Å²) in [6.07, 6.45) is 0. The number of hydrogen-bond acceptors (Lipinski definition) is 5. The van der Waals surface area contributed by atoms with Gasteiger partial charge in [0.25, 0.3) is 0 Å². The van der Waals surface area contributed by atoms with Crippen LogP contribution in [0, 0.1) is 3.14 Å². The van der Waals surface area contributed by atoms with Crippen LogP contribution >= 0.6 is 35.1 Å². The fourth-order valence-corrected chi connectivity index (χ4v) is 1.69. The number of aromatic nitrogens is 1. The van der Waals surface area contributed by atoms with Crippen LogP contribution in [-0.4, -0.2) is 4.37 Å². The molecule has 0 aromatic carbocycles. The van der Waals surface area contributed by atoms with Crippen LogP contribution in [0.5, 0.6) is 0 Å². The minimum atomic E-state index is 0.565. The molecule has 5 heteroatoms. The standard InChI is InChI=1S/C2H2N2S3/c3-1-4-7-2(5)6-1/h(H2,3,4). The van der Waals surface area contributed by atoms with Crippen molar-refractivity contribution >= 4 is 40.2 Å². The molecule has 0 unspecified atom stereocenters. The Morgan fingerprint density at radius 1 is 1.71 bits per heavy atom. The molecule has 1 heterocycles. The molecule has 1 aromatic rings. The number of nitrogen functional groups attached to an aromatic ring is 1. The molecular weight excluding hydrogens is 148 g/mol. The van der Waals surface area contributed by atoms with E-state index in [2.05, 4.69) is 4.37 Å². The molecule has 0 aliphatic carbocycles. The van der Waals surface area contributed by atoms with Gasteiger partial charge in [-0.1, -0.05) is 23.6 Å². The largest absolute Gasteiger partial charge is 0.374 e. The molecule has 2 N–H and O–H groups in total. The smallest absolute Gasteiger partial charge is 0.193 e. The average molecular weight is 150 g/mol. The highest BCUT2D eigenvalue weighted by molar-refractivity contribution is 7.76. The van der Waals surface area contributed by atoms with Crippen LogP contribution in [0.1, 0.15) is 0 Å². The number of nitrogens with two attached hydrogens (primary N) is 1. The monoisotopic (exact) mass is 150 g/mol. The summed E-state index contributed by atoms with van der Waals surface area (Å²) in [4.78, 5) is 0. The number of nitrogens with zero attached hydrogens (tertiary/aromatic N) is 1. The molecule has 38 valence electrons. The van der Waals surface area contributed by atoms with Gasteiger partial charge in [0.05, 0.1) is 0 Å². The van der Waals surface area contributed by atoms with Crippen LogP contribution < -0.4 is 5.73 Å². The maximum atomic E-state index is 5.23. The van der Waals surface area contributed by atoms with Gasteiger partial charge in [-0.2, -0.15) is 4.37 Å². The highest BCUT2D eigenvalue weighted by atomic mass is 32.2. The highest BCUT2D eigenvalue weighted by Gasteiger charge is 1.84. The predicted molar refractivity (Wildman–Crippen MR) is 35.2 cm³/mol. The first-order chi connectivity index (χ1) is 3.29. The molecular formula is C2H2N2S3. The predicted octanol–water partition coefficient (Wildman–Crippen LogP) is 1.52. The van der Waals surface area contributed by atoms with Gasteiger partial charge in [0.1, 0.15) is 0 Å². The third-order valence-corrected chi connectivity index (χ3v) is 2.36. The van der Waals surface area contributed by atoms with Gasteiger partial charge in [0.2, 0.25) is 0 Å². The van der Waals surface area contributed by atoms with Gasteiger partial charge < -0.3 is 5.73 Å². The fraction of sp³-hybridized carbons (Fsp3) is 0. The summed E-state index contributed by atoms with van der Waals surface area (Å²) < 4.78 is 4.54. The van der Waals surface area contributed by atoms with Gasteiger partial charge in [-0.3, -0.25) is 0 Å². The second kappa shape index (κ2) is 1.85. The second-order valence-corrected chi connectivity index (χ2v) is 3.86. The molecule has 0 aliphatic rings. The van der Waals surface area contributed by atoms with Crippen LogP contribution in [0.4, 0.5) is 5.13 Å². The lowest BCUT2D eigenvalue weighted by atomic mass is 11.3. The molecule has 0 saturated carbocycles. The first kappa shape index (κ1) is 5.14. The third-order valence-electron chi connectivity index (χ3n) is 0.398. The van der Waals surface area contributed by atoms with E-state index in [4.69, 9.17) is 18.0 Å². The SMILES string of the molecule is Nc1nsc(=S)s1. The van der Waals surface area contributed by atoms with Crippen molar-refractivity contribution in [2.75, 3.05) is 5.73 Å². The fourth-order valence-electron chi connectivity index (χ4n) is 0.205. The van der Waals surface area contributed by atoms with Crippen LogP contribution in [0.15, 0.2) is 0 Å². The molecule has 0 fully saturated rings. The molecule has 0 bridgehead atoms. The number of rotatable bonds is 0. The Labute approximate surface area is 53.8 Å². The summed E-state index contributed by atoms with van der Waals surface area (Å²) in [6.45, 7) is 0. The Morgan fingerprint density at radius 3 is 2.57 bits per heavy atom. The van der Waals surface area contributed by atoms with Gasteiger partial charge in [-0.25, -0.2) is 0 Å². The quantitative estimate of drug-likeness (QED) is 0.570. The van der Waals surface area contributed by atoms with Gasteiger partial charge >= 0.3 is 0 Å². The van der Waals surface area contributed by atoms with Gasteiger partial charge in [-0.05, 0) is 11.5 Å². The van der Waals surface area contributed by atoms with Crippen LogP contribution in [0.2, 0.25) is 0 Å². The molecule has 7 heavy (non-hydrogen) atoms.